The van der Waals surface area contributed by atoms with Crippen molar-refractivity contribution in [3.05, 3.63) is 30.2 Å². The van der Waals surface area contributed by atoms with Gasteiger partial charge in [-0.2, -0.15) is 13.2 Å². The van der Waals surface area contributed by atoms with E-state index in [4.69, 9.17) is 14.2 Å². The minimum atomic E-state index is -4.61. The molecule has 12 nitrogen and oxygen atoms in total. The van der Waals surface area contributed by atoms with Gasteiger partial charge in [0.05, 0.1) is 24.7 Å². The maximum atomic E-state index is 13.3. The van der Waals surface area contributed by atoms with Crippen LogP contribution in [0.2, 0.25) is 0 Å². The van der Waals surface area contributed by atoms with E-state index in [0.717, 1.165) is 6.92 Å². The summed E-state index contributed by atoms with van der Waals surface area (Å²) in [5, 5.41) is 4.56. The van der Waals surface area contributed by atoms with Gasteiger partial charge in [0, 0.05) is 19.6 Å². The van der Waals surface area contributed by atoms with Crippen LogP contribution in [0.15, 0.2) is 24.5 Å². The molecule has 1 fully saturated rings. The fraction of sp³-hybridized carbons (Fsp3) is 0.560. The van der Waals surface area contributed by atoms with Gasteiger partial charge in [-0.25, -0.2) is 19.7 Å². The Bertz CT molecular complexity index is 1210. The molecule has 0 spiro atoms. The number of amides is 3. The molecule has 2 aromatic rings. The largest absolute Gasteiger partial charge is 0.474 e. The third-order valence-corrected chi connectivity index (χ3v) is 6.31. The number of rotatable bonds is 7. The third kappa shape index (κ3) is 7.07. The monoisotopic (exact) mass is 567 g/mol. The highest BCUT2D eigenvalue weighted by atomic mass is 19.4. The molecule has 218 valence electrons. The summed E-state index contributed by atoms with van der Waals surface area (Å²) in [6, 6.07) is 0.268. The van der Waals surface area contributed by atoms with Crippen LogP contribution in [0.1, 0.15) is 44.6 Å². The lowest BCUT2D eigenvalue weighted by atomic mass is 10.2. The second-order valence-corrected chi connectivity index (χ2v) is 9.79. The van der Waals surface area contributed by atoms with E-state index in [9.17, 15) is 22.8 Å². The van der Waals surface area contributed by atoms with Crippen LogP contribution in [-0.2, 0) is 9.47 Å². The first-order chi connectivity index (χ1) is 18.9. The van der Waals surface area contributed by atoms with Crippen LogP contribution in [0.5, 0.6) is 5.88 Å². The molecule has 1 saturated heterocycles. The summed E-state index contributed by atoms with van der Waals surface area (Å²) < 4.78 is 55.7. The first kappa shape index (κ1) is 29.3. The zero-order chi connectivity index (χ0) is 29.1. The SMILES string of the molecule is CCN1CCCN(C(=O)Nc2cnc(OC[C@H]3COC(C)(C)O3)cn2)c2nc(C(=O)N[C@H](C)C(F)(F)F)ccc21. The van der Waals surface area contributed by atoms with Crippen LogP contribution in [0, 0.1) is 0 Å². The van der Waals surface area contributed by atoms with E-state index in [1.54, 1.807) is 6.07 Å². The highest BCUT2D eigenvalue weighted by Crippen LogP contribution is 2.31. The highest BCUT2D eigenvalue weighted by molar-refractivity contribution is 6.03. The number of pyridine rings is 1. The first-order valence-corrected chi connectivity index (χ1v) is 12.8. The number of halogens is 3. The van der Waals surface area contributed by atoms with E-state index in [-0.39, 0.29) is 42.5 Å². The van der Waals surface area contributed by atoms with Gasteiger partial charge in [0.2, 0.25) is 5.88 Å². The number of nitrogens with one attached hydrogen (secondary N) is 2. The Balaban J connectivity index is 1.47. The number of carbonyl (C=O) groups is 2. The summed E-state index contributed by atoms with van der Waals surface area (Å²) in [5.41, 5.74) is 0.332. The summed E-state index contributed by atoms with van der Waals surface area (Å²) in [5.74, 6) is -1.14. The van der Waals surface area contributed by atoms with Gasteiger partial charge in [0.25, 0.3) is 5.91 Å². The van der Waals surface area contributed by atoms with Gasteiger partial charge < -0.3 is 24.4 Å². The normalized spacial score (nSPS) is 19.4. The minimum Gasteiger partial charge on any atom is -0.474 e. The molecule has 2 atom stereocenters. The zero-order valence-corrected chi connectivity index (χ0v) is 22.6. The quantitative estimate of drug-likeness (QED) is 0.517. The lowest BCUT2D eigenvalue weighted by molar-refractivity contribution is -0.149. The van der Waals surface area contributed by atoms with E-state index in [2.05, 4.69) is 20.3 Å². The number of nitrogens with zero attached hydrogens (tertiary/aromatic N) is 5. The Morgan fingerprint density at radius 2 is 2.00 bits per heavy atom. The van der Waals surface area contributed by atoms with E-state index in [1.165, 1.54) is 23.4 Å². The molecule has 0 unspecified atom stereocenters. The lowest BCUT2D eigenvalue weighted by Crippen LogP contribution is -2.43. The summed E-state index contributed by atoms with van der Waals surface area (Å²) >= 11 is 0. The predicted molar refractivity (Wildman–Crippen MR) is 139 cm³/mol. The van der Waals surface area contributed by atoms with E-state index in [1.807, 2.05) is 31.0 Å². The molecular formula is C25H32F3N7O5. The summed E-state index contributed by atoms with van der Waals surface area (Å²) in [6.45, 7) is 8.46. The van der Waals surface area contributed by atoms with Gasteiger partial charge in [0.1, 0.15) is 24.4 Å². The molecule has 3 amide bonds. The molecule has 2 N–H and O–H groups in total. The lowest BCUT2D eigenvalue weighted by Gasteiger charge is -2.25. The second-order valence-electron chi connectivity index (χ2n) is 9.79. The molecule has 2 aliphatic rings. The summed E-state index contributed by atoms with van der Waals surface area (Å²) in [7, 11) is 0. The van der Waals surface area contributed by atoms with Gasteiger partial charge in [-0.3, -0.25) is 15.0 Å². The minimum absolute atomic E-state index is 0.143. The molecule has 0 aliphatic carbocycles. The van der Waals surface area contributed by atoms with Crippen LogP contribution in [0.25, 0.3) is 0 Å². The highest BCUT2D eigenvalue weighted by Gasteiger charge is 2.38. The van der Waals surface area contributed by atoms with E-state index in [0.29, 0.717) is 31.8 Å². The van der Waals surface area contributed by atoms with Crippen molar-refractivity contribution in [2.45, 2.75) is 58.2 Å². The smallest absolute Gasteiger partial charge is 0.408 e. The Morgan fingerprint density at radius 1 is 1.23 bits per heavy atom. The molecule has 0 radical (unpaired) electrons. The van der Waals surface area contributed by atoms with Crippen molar-refractivity contribution in [3.8, 4) is 5.88 Å². The number of fused-ring (bicyclic) bond motifs is 1. The fourth-order valence-electron chi connectivity index (χ4n) is 4.19. The number of anilines is 3. The van der Waals surface area contributed by atoms with Crippen molar-refractivity contribution in [1.29, 1.82) is 0 Å². The summed E-state index contributed by atoms with van der Waals surface area (Å²) in [6.07, 6.45) is -1.58. The van der Waals surface area contributed by atoms with Gasteiger partial charge in [-0.1, -0.05) is 0 Å². The van der Waals surface area contributed by atoms with Crippen molar-refractivity contribution in [1.82, 2.24) is 20.3 Å². The average molecular weight is 568 g/mol. The van der Waals surface area contributed by atoms with Crippen LogP contribution in [0.3, 0.4) is 0 Å². The van der Waals surface area contributed by atoms with Crippen molar-refractivity contribution >= 4 is 29.3 Å². The van der Waals surface area contributed by atoms with Gasteiger partial charge in [-0.15, -0.1) is 0 Å². The zero-order valence-electron chi connectivity index (χ0n) is 22.6. The molecule has 40 heavy (non-hydrogen) atoms. The average Bonchev–Trinajstić information content (AvgIpc) is 3.14. The molecule has 2 aliphatic heterocycles. The molecule has 4 rings (SSSR count). The molecule has 0 bridgehead atoms. The Kier molecular flexibility index (Phi) is 8.63. The Hall–Kier alpha value is -3.72. The van der Waals surface area contributed by atoms with Gasteiger partial charge in [0.15, 0.2) is 17.4 Å². The van der Waals surface area contributed by atoms with Crippen LogP contribution < -0.4 is 25.2 Å². The third-order valence-electron chi connectivity index (χ3n) is 6.31. The van der Waals surface area contributed by atoms with Gasteiger partial charge >= 0.3 is 12.2 Å². The Morgan fingerprint density at radius 3 is 2.62 bits per heavy atom. The first-order valence-electron chi connectivity index (χ1n) is 12.8. The molecule has 0 aromatic carbocycles. The van der Waals surface area contributed by atoms with Crippen molar-refractivity contribution in [2.75, 3.05) is 48.0 Å². The standard InChI is InChI=1S/C25H32F3N7O5/c1-5-34-9-6-10-35(21-18(34)8-7-17(32-21)22(36)31-15(2)25(26,27)28)23(37)33-19-11-30-20(12-29-19)38-13-16-14-39-24(3,4)40-16/h7-8,11-12,15-16H,5-6,9-10,13-14H2,1-4H3,(H,31,36)(H,29,33,37)/t15-,16+/m1/s1. The number of hydrogen-bond acceptors (Lipinski definition) is 9. The maximum Gasteiger partial charge on any atom is 0.408 e. The molecule has 15 heteroatoms. The number of urea groups is 1. The molecule has 4 heterocycles. The fourth-order valence-corrected chi connectivity index (χ4v) is 4.19. The van der Waals surface area contributed by atoms with Crippen molar-refractivity contribution < 1.29 is 37.0 Å². The topological polar surface area (TPSA) is 131 Å². The Labute approximate surface area is 229 Å². The molecular weight excluding hydrogens is 535 g/mol. The predicted octanol–water partition coefficient (Wildman–Crippen LogP) is 3.35. The molecule has 2 aromatic heterocycles. The van der Waals surface area contributed by atoms with E-state index < -0.39 is 29.9 Å². The number of alkyl halides is 3. The van der Waals surface area contributed by atoms with Crippen LogP contribution in [0.4, 0.5) is 35.3 Å². The van der Waals surface area contributed by atoms with Crippen LogP contribution in [-0.4, -0.2) is 83.8 Å². The van der Waals surface area contributed by atoms with Crippen LogP contribution >= 0.6 is 0 Å². The van der Waals surface area contributed by atoms with Crippen molar-refractivity contribution in [3.63, 3.8) is 0 Å². The molecule has 0 saturated carbocycles. The summed E-state index contributed by atoms with van der Waals surface area (Å²) in [4.78, 5) is 41.8. The number of ether oxygens (including phenoxy) is 3. The van der Waals surface area contributed by atoms with Gasteiger partial charge in [-0.05, 0) is 46.2 Å². The number of carbonyl (C=O) groups excluding carboxylic acids is 2. The maximum absolute atomic E-state index is 13.3. The number of aromatic nitrogens is 3. The second kappa shape index (κ2) is 11.8. The number of hydrogen-bond donors (Lipinski definition) is 2. The van der Waals surface area contributed by atoms with Crippen molar-refractivity contribution in [2.24, 2.45) is 0 Å². The van der Waals surface area contributed by atoms with E-state index >= 15 is 0 Å².